The second-order valence-corrected chi connectivity index (χ2v) is 4.40. The quantitative estimate of drug-likeness (QED) is 0.767. The molecule has 0 bridgehead atoms. The van der Waals surface area contributed by atoms with Crippen LogP contribution in [0.5, 0.6) is 0 Å². The Morgan fingerprint density at radius 2 is 2.16 bits per heavy atom. The third-order valence-corrected chi connectivity index (χ3v) is 3.14. The second-order valence-electron chi connectivity index (χ2n) is 4.02. The molecule has 0 aliphatic rings. The van der Waals surface area contributed by atoms with Crippen LogP contribution < -0.4 is 11.3 Å². The Labute approximate surface area is 112 Å². The molecule has 0 saturated heterocycles. The first kappa shape index (κ1) is 13.1. The number of aryl methyl sites for hydroxylation is 1. The number of nitrogen functional groups attached to an aromatic ring is 1. The van der Waals surface area contributed by atoms with Crippen LogP contribution >= 0.6 is 11.6 Å². The summed E-state index contributed by atoms with van der Waals surface area (Å²) in [4.78, 5) is 29.6. The molecule has 0 unspecified atom stereocenters. The first-order valence-electron chi connectivity index (χ1n) is 5.31. The molecule has 0 spiro atoms. The molecule has 3 N–H and O–H groups in total. The highest BCUT2D eigenvalue weighted by molar-refractivity contribution is 6.39. The van der Waals surface area contributed by atoms with Crippen molar-refractivity contribution in [2.75, 3.05) is 5.73 Å². The molecule has 2 aromatic rings. The molecule has 2 rings (SSSR count). The van der Waals surface area contributed by atoms with Crippen LogP contribution in [0.2, 0.25) is 5.02 Å². The van der Waals surface area contributed by atoms with Gasteiger partial charge in [0.1, 0.15) is 17.5 Å². The highest BCUT2D eigenvalue weighted by Gasteiger charge is 2.20. The van der Waals surface area contributed by atoms with Gasteiger partial charge in [-0.05, 0) is 13.8 Å². The zero-order valence-electron chi connectivity index (χ0n) is 10.2. The van der Waals surface area contributed by atoms with E-state index in [0.29, 0.717) is 5.69 Å². The van der Waals surface area contributed by atoms with Crippen LogP contribution in [0.25, 0.3) is 10.9 Å². The third kappa shape index (κ3) is 1.84. The topological polar surface area (TPSA) is 113 Å². The summed E-state index contributed by atoms with van der Waals surface area (Å²) in [5.41, 5.74) is 5.58. The average molecular weight is 277 g/mol. The highest BCUT2D eigenvalue weighted by atomic mass is 35.5. The van der Waals surface area contributed by atoms with E-state index in [0.717, 1.165) is 0 Å². The van der Waals surface area contributed by atoms with Gasteiger partial charge in [-0.2, -0.15) is 5.26 Å². The van der Waals surface area contributed by atoms with Crippen LogP contribution in [-0.2, 0) is 0 Å². The highest BCUT2D eigenvalue weighted by Crippen LogP contribution is 2.31. The first-order valence-corrected chi connectivity index (χ1v) is 5.68. The second kappa shape index (κ2) is 4.37. The monoisotopic (exact) mass is 276 g/mol. The van der Waals surface area contributed by atoms with Gasteiger partial charge in [0.05, 0.1) is 27.2 Å². The number of hydrogen-bond donors (Lipinski definition) is 2. The van der Waals surface area contributed by atoms with Crippen LogP contribution in [0, 0.1) is 18.3 Å². The summed E-state index contributed by atoms with van der Waals surface area (Å²) < 4.78 is 0. The Kier molecular flexibility index (Phi) is 3.00. The number of nitrogens with one attached hydrogen (secondary N) is 1. The molecule has 0 aromatic carbocycles. The standard InChI is InChI=1S/C12H9ClN4O2/c1-4-7(5(2)18)9(13)8-10(16-4)6(3-14)12(19)17-11(8)15/h1-2H3,(H3,15,17,19). The molecule has 7 heteroatoms. The summed E-state index contributed by atoms with van der Waals surface area (Å²) in [5.74, 6) is -0.278. The van der Waals surface area contributed by atoms with E-state index in [1.54, 1.807) is 13.0 Å². The minimum Gasteiger partial charge on any atom is -0.385 e. The smallest absolute Gasteiger partial charge is 0.269 e. The van der Waals surface area contributed by atoms with Crippen LogP contribution in [0.3, 0.4) is 0 Å². The molecule has 2 aromatic heterocycles. The number of carbonyl (C=O) groups is 1. The number of ketones is 1. The lowest BCUT2D eigenvalue weighted by Gasteiger charge is -2.10. The van der Waals surface area contributed by atoms with Crippen LogP contribution in [0.15, 0.2) is 4.79 Å². The lowest BCUT2D eigenvalue weighted by atomic mass is 10.1. The number of hydrogen-bond acceptors (Lipinski definition) is 5. The zero-order valence-corrected chi connectivity index (χ0v) is 10.9. The van der Waals surface area contributed by atoms with Crippen molar-refractivity contribution in [3.05, 3.63) is 32.2 Å². The fourth-order valence-corrected chi connectivity index (χ4v) is 2.42. The molecule has 0 radical (unpaired) electrons. The Hall–Kier alpha value is -2.39. The fraction of sp³-hybridized carbons (Fsp3) is 0.167. The van der Waals surface area contributed by atoms with Gasteiger partial charge in [0.15, 0.2) is 5.78 Å². The number of pyridine rings is 2. The van der Waals surface area contributed by atoms with Crippen molar-refractivity contribution in [2.24, 2.45) is 0 Å². The normalized spacial score (nSPS) is 10.4. The van der Waals surface area contributed by atoms with E-state index in [2.05, 4.69) is 9.97 Å². The Bertz CT molecular complexity index is 817. The molecule has 6 nitrogen and oxygen atoms in total. The third-order valence-electron chi connectivity index (χ3n) is 2.76. The molecular weight excluding hydrogens is 268 g/mol. The van der Waals surface area contributed by atoms with E-state index < -0.39 is 5.56 Å². The molecule has 0 aliphatic carbocycles. The number of aromatic nitrogens is 2. The van der Waals surface area contributed by atoms with Crippen molar-refractivity contribution in [1.29, 1.82) is 5.26 Å². The summed E-state index contributed by atoms with van der Waals surface area (Å²) in [6.45, 7) is 2.94. The Morgan fingerprint density at radius 3 is 2.68 bits per heavy atom. The van der Waals surface area contributed by atoms with Crippen LogP contribution in [0.1, 0.15) is 28.5 Å². The maximum atomic E-state index is 11.6. The number of H-pyrrole nitrogens is 1. The van der Waals surface area contributed by atoms with Crippen LogP contribution in [0.4, 0.5) is 5.82 Å². The maximum Gasteiger partial charge on any atom is 0.269 e. The van der Waals surface area contributed by atoms with Gasteiger partial charge < -0.3 is 10.7 Å². The van der Waals surface area contributed by atoms with E-state index in [1.807, 2.05) is 0 Å². The van der Waals surface area contributed by atoms with E-state index in [1.165, 1.54) is 6.92 Å². The number of rotatable bonds is 1. The molecule has 96 valence electrons. The van der Waals surface area contributed by atoms with Gasteiger partial charge in [-0.15, -0.1) is 0 Å². The molecule has 2 heterocycles. The van der Waals surface area contributed by atoms with Crippen molar-refractivity contribution in [3.63, 3.8) is 0 Å². The van der Waals surface area contributed by atoms with Gasteiger partial charge in [0.2, 0.25) is 0 Å². The number of anilines is 1. The molecule has 0 saturated carbocycles. The van der Waals surface area contributed by atoms with Gasteiger partial charge in [-0.3, -0.25) is 14.6 Å². The van der Waals surface area contributed by atoms with Crippen molar-refractivity contribution in [3.8, 4) is 6.07 Å². The summed E-state index contributed by atoms with van der Waals surface area (Å²) in [6, 6.07) is 1.76. The van der Waals surface area contributed by atoms with Crippen LogP contribution in [-0.4, -0.2) is 15.8 Å². The number of nitrogens with two attached hydrogens (primary N) is 1. The molecule has 19 heavy (non-hydrogen) atoms. The lowest BCUT2D eigenvalue weighted by molar-refractivity contribution is 0.101. The Balaban J connectivity index is 3.14. The number of fused-ring (bicyclic) bond motifs is 1. The summed E-state index contributed by atoms with van der Waals surface area (Å²) in [7, 11) is 0. The minimum absolute atomic E-state index is 0.0148. The minimum atomic E-state index is -0.633. The van der Waals surface area contributed by atoms with Gasteiger partial charge >= 0.3 is 0 Å². The number of halogens is 1. The largest absolute Gasteiger partial charge is 0.385 e. The van der Waals surface area contributed by atoms with Crippen molar-refractivity contribution < 1.29 is 4.79 Å². The number of nitrogens with zero attached hydrogens (tertiary/aromatic N) is 2. The Morgan fingerprint density at radius 1 is 1.53 bits per heavy atom. The van der Waals surface area contributed by atoms with E-state index in [4.69, 9.17) is 22.6 Å². The summed E-state index contributed by atoms with van der Waals surface area (Å²) >= 11 is 6.16. The average Bonchev–Trinajstić information content (AvgIpc) is 2.27. The SMILES string of the molecule is CC(=O)c1c(C)nc2c(C#N)c(=O)[nH]c(N)c2c1Cl. The summed E-state index contributed by atoms with van der Waals surface area (Å²) in [5, 5.41) is 9.32. The van der Waals surface area contributed by atoms with Gasteiger partial charge in [-0.25, -0.2) is 0 Å². The van der Waals surface area contributed by atoms with Gasteiger partial charge in [-0.1, -0.05) is 11.6 Å². The molecule has 0 aliphatic heterocycles. The number of carbonyl (C=O) groups excluding carboxylic acids is 1. The fourth-order valence-electron chi connectivity index (χ4n) is 1.96. The summed E-state index contributed by atoms with van der Waals surface area (Å²) in [6.07, 6.45) is 0. The van der Waals surface area contributed by atoms with E-state index in [9.17, 15) is 9.59 Å². The van der Waals surface area contributed by atoms with Gasteiger partial charge in [0, 0.05) is 0 Å². The predicted octanol–water partition coefficient (Wildman–Crippen LogP) is 1.54. The van der Waals surface area contributed by atoms with E-state index in [-0.39, 0.29) is 38.7 Å². The van der Waals surface area contributed by atoms with Gasteiger partial charge in [0.25, 0.3) is 5.56 Å². The molecule has 0 amide bonds. The maximum absolute atomic E-state index is 11.6. The number of Topliss-reactive ketones (excluding diaryl/α,β-unsaturated/α-hetero) is 1. The van der Waals surface area contributed by atoms with Crippen molar-refractivity contribution >= 4 is 34.1 Å². The van der Waals surface area contributed by atoms with E-state index >= 15 is 0 Å². The lowest BCUT2D eigenvalue weighted by Crippen LogP contribution is -2.15. The predicted molar refractivity (Wildman–Crippen MR) is 71.2 cm³/mol. The van der Waals surface area contributed by atoms with Crippen molar-refractivity contribution in [1.82, 2.24) is 9.97 Å². The molecule has 0 fully saturated rings. The van der Waals surface area contributed by atoms with Crippen molar-refractivity contribution in [2.45, 2.75) is 13.8 Å². The zero-order chi connectivity index (χ0) is 14.3. The number of aromatic amines is 1. The first-order chi connectivity index (χ1) is 8.88. The molecule has 0 atom stereocenters. The molecular formula is C12H9ClN4O2. The number of nitriles is 1.